The van der Waals surface area contributed by atoms with Gasteiger partial charge < -0.3 is 10.2 Å². The van der Waals surface area contributed by atoms with Crippen LogP contribution in [0.4, 0.5) is 5.69 Å². The number of anilines is 1. The first-order valence-electron chi connectivity index (χ1n) is 9.15. The van der Waals surface area contributed by atoms with Crippen LogP contribution in [0.5, 0.6) is 0 Å². The Hall–Kier alpha value is -2.18. The zero-order chi connectivity index (χ0) is 17.9. The minimum Gasteiger partial charge on any atom is -0.336 e. The van der Waals surface area contributed by atoms with E-state index in [4.69, 9.17) is 0 Å². The lowest BCUT2D eigenvalue weighted by Crippen LogP contribution is -2.49. The van der Waals surface area contributed by atoms with Crippen molar-refractivity contribution in [3.63, 3.8) is 0 Å². The van der Waals surface area contributed by atoms with E-state index in [9.17, 15) is 9.59 Å². The summed E-state index contributed by atoms with van der Waals surface area (Å²) in [5, 5.41) is 4.74. The van der Waals surface area contributed by atoms with Gasteiger partial charge in [-0.3, -0.25) is 14.5 Å². The van der Waals surface area contributed by atoms with Crippen LogP contribution in [0.1, 0.15) is 32.9 Å². The molecule has 1 aromatic carbocycles. The third-order valence-corrected chi connectivity index (χ3v) is 5.85. The van der Waals surface area contributed by atoms with E-state index in [-0.39, 0.29) is 11.8 Å². The molecule has 2 aliphatic rings. The van der Waals surface area contributed by atoms with Gasteiger partial charge in [0, 0.05) is 44.0 Å². The molecule has 26 heavy (non-hydrogen) atoms. The fourth-order valence-electron chi connectivity index (χ4n) is 3.31. The highest BCUT2D eigenvalue weighted by Gasteiger charge is 2.28. The normalized spacial score (nSPS) is 17.9. The highest BCUT2D eigenvalue weighted by molar-refractivity contribution is 7.12. The number of carbonyl (C=O) groups excluding carboxylic acids is 2. The van der Waals surface area contributed by atoms with Crippen LogP contribution in [0.25, 0.3) is 0 Å². The Morgan fingerprint density at radius 1 is 1.08 bits per heavy atom. The molecule has 2 aromatic rings. The minimum atomic E-state index is -0.140. The number of piperazine rings is 1. The molecule has 0 radical (unpaired) electrons. The first-order chi connectivity index (χ1) is 12.7. The quantitative estimate of drug-likeness (QED) is 0.881. The van der Waals surface area contributed by atoms with Crippen LogP contribution >= 0.6 is 11.3 Å². The first kappa shape index (κ1) is 17.2. The maximum atomic E-state index is 12.8. The molecule has 2 fully saturated rings. The molecule has 5 nitrogen and oxygen atoms in total. The Kier molecular flexibility index (Phi) is 5.04. The molecule has 2 heterocycles. The molecule has 4 rings (SSSR count). The number of carbonyl (C=O) groups is 2. The summed E-state index contributed by atoms with van der Waals surface area (Å²) in [6.45, 7) is 4.65. The van der Waals surface area contributed by atoms with Gasteiger partial charge in [0.1, 0.15) is 0 Å². The molecule has 0 bridgehead atoms. The van der Waals surface area contributed by atoms with Gasteiger partial charge >= 0.3 is 0 Å². The fraction of sp³-hybridized carbons (Fsp3) is 0.400. The molecule has 1 aliphatic heterocycles. The second kappa shape index (κ2) is 7.60. The van der Waals surface area contributed by atoms with Crippen molar-refractivity contribution in [1.29, 1.82) is 0 Å². The predicted octanol–water partition coefficient (Wildman–Crippen LogP) is 3.17. The average Bonchev–Trinajstić information content (AvgIpc) is 3.30. The van der Waals surface area contributed by atoms with Gasteiger partial charge in [0.15, 0.2) is 0 Å². The van der Waals surface area contributed by atoms with Gasteiger partial charge in [-0.15, -0.1) is 11.3 Å². The molecule has 1 aliphatic carbocycles. The van der Waals surface area contributed by atoms with E-state index in [1.165, 1.54) is 30.7 Å². The van der Waals surface area contributed by atoms with Crippen molar-refractivity contribution in [2.45, 2.75) is 12.8 Å². The molecule has 1 aromatic heterocycles. The van der Waals surface area contributed by atoms with E-state index in [1.807, 2.05) is 34.5 Å². The SMILES string of the molecule is O=C(Nc1cccc(C(=O)N2CCN(CC3CC3)CC2)c1)c1cccs1. The topological polar surface area (TPSA) is 52.7 Å². The molecule has 136 valence electrons. The monoisotopic (exact) mass is 369 g/mol. The maximum Gasteiger partial charge on any atom is 0.265 e. The van der Waals surface area contributed by atoms with Gasteiger partial charge in [0.2, 0.25) is 0 Å². The summed E-state index contributed by atoms with van der Waals surface area (Å²) in [7, 11) is 0. The van der Waals surface area contributed by atoms with Gasteiger partial charge in [0.25, 0.3) is 11.8 Å². The third-order valence-electron chi connectivity index (χ3n) is 4.99. The van der Waals surface area contributed by atoms with E-state index in [1.54, 1.807) is 12.1 Å². The molecule has 1 saturated carbocycles. The zero-order valence-electron chi connectivity index (χ0n) is 14.7. The summed E-state index contributed by atoms with van der Waals surface area (Å²) in [5.41, 5.74) is 1.28. The Morgan fingerprint density at radius 3 is 2.58 bits per heavy atom. The molecule has 0 atom stereocenters. The maximum absolute atomic E-state index is 12.8. The van der Waals surface area contributed by atoms with Crippen LogP contribution in [-0.2, 0) is 0 Å². The average molecular weight is 369 g/mol. The molecule has 0 unspecified atom stereocenters. The van der Waals surface area contributed by atoms with Crippen molar-refractivity contribution in [1.82, 2.24) is 9.80 Å². The van der Waals surface area contributed by atoms with Gasteiger partial charge in [-0.25, -0.2) is 0 Å². The van der Waals surface area contributed by atoms with Crippen LogP contribution in [0.2, 0.25) is 0 Å². The molecule has 1 saturated heterocycles. The zero-order valence-corrected chi connectivity index (χ0v) is 15.5. The number of amides is 2. The number of nitrogens with zero attached hydrogens (tertiary/aromatic N) is 2. The highest BCUT2D eigenvalue weighted by atomic mass is 32.1. The van der Waals surface area contributed by atoms with Crippen LogP contribution in [0.15, 0.2) is 41.8 Å². The minimum absolute atomic E-state index is 0.0447. The Morgan fingerprint density at radius 2 is 1.88 bits per heavy atom. The Balaban J connectivity index is 1.36. The van der Waals surface area contributed by atoms with E-state index in [0.717, 1.165) is 32.1 Å². The summed E-state index contributed by atoms with van der Waals surface area (Å²) in [4.78, 5) is 30.0. The van der Waals surface area contributed by atoms with E-state index in [2.05, 4.69) is 10.2 Å². The molecule has 6 heteroatoms. The van der Waals surface area contributed by atoms with E-state index < -0.39 is 0 Å². The second-order valence-corrected chi connectivity index (χ2v) is 8.00. The predicted molar refractivity (Wildman–Crippen MR) is 104 cm³/mol. The van der Waals surface area contributed by atoms with Crippen molar-refractivity contribution in [2.24, 2.45) is 5.92 Å². The molecule has 1 N–H and O–H groups in total. The summed E-state index contributed by atoms with van der Waals surface area (Å²) in [6.07, 6.45) is 2.73. The number of hydrogen-bond donors (Lipinski definition) is 1. The largest absolute Gasteiger partial charge is 0.336 e. The number of thiophene rings is 1. The van der Waals surface area contributed by atoms with Crippen molar-refractivity contribution in [3.05, 3.63) is 52.2 Å². The highest BCUT2D eigenvalue weighted by Crippen LogP contribution is 2.30. The molecule has 2 amide bonds. The molecule has 0 spiro atoms. The first-order valence-corrected chi connectivity index (χ1v) is 10.0. The number of nitrogens with one attached hydrogen (secondary N) is 1. The fourth-order valence-corrected chi connectivity index (χ4v) is 3.93. The molecular weight excluding hydrogens is 346 g/mol. The standard InChI is InChI=1S/C20H23N3O2S/c24-19(18-5-2-12-26-18)21-17-4-1-3-16(13-17)20(25)23-10-8-22(9-11-23)14-15-6-7-15/h1-5,12-13,15H,6-11,14H2,(H,21,24). The third kappa shape index (κ3) is 4.14. The van der Waals surface area contributed by atoms with Crippen molar-refractivity contribution < 1.29 is 9.59 Å². The number of rotatable bonds is 5. The van der Waals surface area contributed by atoms with Gasteiger partial charge in [0.05, 0.1) is 4.88 Å². The Bertz CT molecular complexity index is 778. The number of benzene rings is 1. The van der Waals surface area contributed by atoms with Crippen LogP contribution in [0, 0.1) is 5.92 Å². The van der Waals surface area contributed by atoms with E-state index >= 15 is 0 Å². The smallest absolute Gasteiger partial charge is 0.265 e. The van der Waals surface area contributed by atoms with Crippen molar-refractivity contribution >= 4 is 28.8 Å². The lowest BCUT2D eigenvalue weighted by atomic mass is 10.1. The summed E-state index contributed by atoms with van der Waals surface area (Å²) >= 11 is 1.40. The summed E-state index contributed by atoms with van der Waals surface area (Å²) in [5.74, 6) is 0.794. The lowest BCUT2D eigenvalue weighted by molar-refractivity contribution is 0.0632. The second-order valence-electron chi connectivity index (χ2n) is 7.05. The number of hydrogen-bond acceptors (Lipinski definition) is 4. The van der Waals surface area contributed by atoms with E-state index in [0.29, 0.717) is 16.1 Å². The van der Waals surface area contributed by atoms with Crippen molar-refractivity contribution in [3.8, 4) is 0 Å². The summed E-state index contributed by atoms with van der Waals surface area (Å²) < 4.78 is 0. The van der Waals surface area contributed by atoms with Crippen LogP contribution in [0.3, 0.4) is 0 Å². The van der Waals surface area contributed by atoms with Gasteiger partial charge in [-0.1, -0.05) is 12.1 Å². The van der Waals surface area contributed by atoms with Crippen LogP contribution in [-0.4, -0.2) is 54.3 Å². The lowest BCUT2D eigenvalue weighted by Gasteiger charge is -2.34. The van der Waals surface area contributed by atoms with Gasteiger partial charge in [-0.2, -0.15) is 0 Å². The summed E-state index contributed by atoms with van der Waals surface area (Å²) in [6, 6.07) is 10.9. The van der Waals surface area contributed by atoms with Gasteiger partial charge in [-0.05, 0) is 48.4 Å². The van der Waals surface area contributed by atoms with Crippen LogP contribution < -0.4 is 5.32 Å². The van der Waals surface area contributed by atoms with Crippen molar-refractivity contribution in [2.75, 3.05) is 38.0 Å². The molecular formula is C20H23N3O2S. The Labute approximate surface area is 157 Å².